The molecule has 6 nitrogen and oxygen atoms in total. The smallest absolute Gasteiger partial charge is 0.188 e. The molecule has 3 N–H and O–H groups in total. The van der Waals surface area contributed by atoms with E-state index in [9.17, 15) is 0 Å². The summed E-state index contributed by atoms with van der Waals surface area (Å²) < 4.78 is 5.23. The summed E-state index contributed by atoms with van der Waals surface area (Å²) in [5, 5.41) is 3.25. The fourth-order valence-corrected chi connectivity index (χ4v) is 3.50. The molecule has 0 bridgehead atoms. The van der Waals surface area contributed by atoms with Crippen LogP contribution in [0.2, 0.25) is 0 Å². The molecule has 1 aromatic rings. The molecule has 0 atom stereocenters. The lowest BCUT2D eigenvalue weighted by molar-refractivity contribution is 0.255. The number of nitrogens with zero attached hydrogens (tertiary/aromatic N) is 3. The highest BCUT2D eigenvalue weighted by Gasteiger charge is 2.17. The normalized spacial score (nSPS) is 19.3. The number of anilines is 1. The lowest BCUT2D eigenvalue weighted by Crippen LogP contribution is -2.47. The minimum absolute atomic E-state index is 0.612. The summed E-state index contributed by atoms with van der Waals surface area (Å²) in [6.07, 6.45) is 5.10. The Bertz CT molecular complexity index is 562. The molecule has 0 radical (unpaired) electrons. The zero-order valence-electron chi connectivity index (χ0n) is 16.0. The summed E-state index contributed by atoms with van der Waals surface area (Å²) in [6, 6.07) is 8.35. The fourth-order valence-electron chi connectivity index (χ4n) is 3.50. The van der Waals surface area contributed by atoms with Gasteiger partial charge in [-0.1, -0.05) is 6.42 Å². The van der Waals surface area contributed by atoms with Crippen molar-refractivity contribution in [2.45, 2.75) is 25.7 Å². The van der Waals surface area contributed by atoms with Gasteiger partial charge in [0.05, 0.1) is 7.11 Å². The van der Waals surface area contributed by atoms with Crippen molar-refractivity contribution < 1.29 is 4.74 Å². The molecule has 144 valence electrons. The van der Waals surface area contributed by atoms with E-state index in [1.54, 1.807) is 7.11 Å². The van der Waals surface area contributed by atoms with Crippen molar-refractivity contribution in [2.24, 2.45) is 16.6 Å². The number of nitrogens with two attached hydrogens (primary N) is 1. The van der Waals surface area contributed by atoms with Gasteiger partial charge in [0.1, 0.15) is 5.75 Å². The number of aliphatic imine (C=N–C) groups is 1. The van der Waals surface area contributed by atoms with Crippen molar-refractivity contribution in [3.05, 3.63) is 24.3 Å². The molecule has 6 heteroatoms. The Kier molecular flexibility index (Phi) is 7.00. The molecular weight excluding hydrogens is 326 g/mol. The molecule has 1 aliphatic heterocycles. The number of methoxy groups -OCH3 is 1. The van der Waals surface area contributed by atoms with Crippen molar-refractivity contribution in [3.8, 4) is 5.75 Å². The number of benzene rings is 1. The van der Waals surface area contributed by atoms with Crippen LogP contribution in [0.15, 0.2) is 29.3 Å². The standard InChI is InChI=1S/C20H33N5O/c1-26-19-8-6-18(7-9-19)25-14-12-24(13-15-25)11-3-10-22-20(21)23-16-17-4-2-5-17/h6-9,17H,2-5,10-16H2,1H3,(H3,21,22,23). The van der Waals surface area contributed by atoms with Gasteiger partial charge in [0.25, 0.3) is 0 Å². The maximum absolute atomic E-state index is 5.93. The lowest BCUT2D eigenvalue weighted by Gasteiger charge is -2.36. The molecule has 0 spiro atoms. The zero-order valence-corrected chi connectivity index (χ0v) is 16.0. The van der Waals surface area contributed by atoms with Gasteiger partial charge in [0.15, 0.2) is 5.96 Å². The van der Waals surface area contributed by atoms with Crippen LogP contribution in [-0.4, -0.2) is 63.8 Å². The average Bonchev–Trinajstić information content (AvgIpc) is 2.64. The van der Waals surface area contributed by atoms with E-state index < -0.39 is 0 Å². The van der Waals surface area contributed by atoms with Crippen LogP contribution in [0.25, 0.3) is 0 Å². The number of piperazine rings is 1. The number of ether oxygens (including phenoxy) is 1. The van der Waals surface area contributed by atoms with E-state index in [4.69, 9.17) is 10.5 Å². The molecule has 26 heavy (non-hydrogen) atoms. The first kappa shape index (κ1) is 18.8. The number of hydrogen-bond donors (Lipinski definition) is 2. The van der Waals surface area contributed by atoms with Gasteiger partial charge in [-0.05, 0) is 56.0 Å². The molecule has 1 saturated carbocycles. The summed E-state index contributed by atoms with van der Waals surface area (Å²) in [5.74, 6) is 2.30. The Hall–Kier alpha value is -1.95. The van der Waals surface area contributed by atoms with Crippen LogP contribution < -0.4 is 20.7 Å². The van der Waals surface area contributed by atoms with E-state index in [1.807, 2.05) is 12.1 Å². The minimum atomic E-state index is 0.612. The van der Waals surface area contributed by atoms with Crippen LogP contribution in [-0.2, 0) is 0 Å². The number of nitrogens with one attached hydrogen (secondary N) is 1. The third-order valence-corrected chi connectivity index (χ3v) is 5.51. The quantitative estimate of drug-likeness (QED) is 0.422. The fraction of sp³-hybridized carbons (Fsp3) is 0.650. The third-order valence-electron chi connectivity index (χ3n) is 5.51. The Morgan fingerprint density at radius 2 is 1.92 bits per heavy atom. The van der Waals surface area contributed by atoms with Crippen molar-refractivity contribution >= 4 is 11.6 Å². The second-order valence-electron chi connectivity index (χ2n) is 7.33. The van der Waals surface area contributed by atoms with Gasteiger partial charge in [0, 0.05) is 45.0 Å². The zero-order chi connectivity index (χ0) is 18.2. The Morgan fingerprint density at radius 3 is 2.54 bits per heavy atom. The van der Waals surface area contributed by atoms with E-state index >= 15 is 0 Å². The Balaban J connectivity index is 1.28. The first-order valence-electron chi connectivity index (χ1n) is 9.90. The second kappa shape index (κ2) is 9.67. The summed E-state index contributed by atoms with van der Waals surface area (Å²) >= 11 is 0. The molecule has 1 saturated heterocycles. The minimum Gasteiger partial charge on any atom is -0.497 e. The number of rotatable bonds is 8. The van der Waals surface area contributed by atoms with Crippen LogP contribution in [0.4, 0.5) is 5.69 Å². The largest absolute Gasteiger partial charge is 0.497 e. The molecule has 2 fully saturated rings. The van der Waals surface area contributed by atoms with E-state index in [1.165, 1.54) is 24.9 Å². The highest BCUT2D eigenvalue weighted by atomic mass is 16.5. The first-order valence-corrected chi connectivity index (χ1v) is 9.90. The SMILES string of the molecule is COc1ccc(N2CCN(CCCNC(N)=NCC3CCC3)CC2)cc1. The van der Waals surface area contributed by atoms with Crippen molar-refractivity contribution in [1.29, 1.82) is 0 Å². The van der Waals surface area contributed by atoms with Gasteiger partial charge in [-0.25, -0.2) is 0 Å². The molecule has 1 aromatic carbocycles. The predicted octanol–water partition coefficient (Wildman–Crippen LogP) is 1.91. The monoisotopic (exact) mass is 359 g/mol. The lowest BCUT2D eigenvalue weighted by atomic mass is 9.86. The highest BCUT2D eigenvalue weighted by Crippen LogP contribution is 2.26. The van der Waals surface area contributed by atoms with E-state index in [2.05, 4.69) is 32.2 Å². The molecule has 3 rings (SSSR count). The molecule has 0 aromatic heterocycles. The van der Waals surface area contributed by atoms with Crippen molar-refractivity contribution in [1.82, 2.24) is 10.2 Å². The van der Waals surface area contributed by atoms with Crippen LogP contribution in [0, 0.1) is 5.92 Å². The molecule has 2 aliphatic rings. The Morgan fingerprint density at radius 1 is 1.19 bits per heavy atom. The van der Waals surface area contributed by atoms with Crippen LogP contribution in [0.1, 0.15) is 25.7 Å². The van der Waals surface area contributed by atoms with Crippen LogP contribution >= 0.6 is 0 Å². The van der Waals surface area contributed by atoms with Crippen molar-refractivity contribution in [3.63, 3.8) is 0 Å². The highest BCUT2D eigenvalue weighted by molar-refractivity contribution is 5.77. The van der Waals surface area contributed by atoms with Crippen LogP contribution in [0.5, 0.6) is 5.75 Å². The predicted molar refractivity (Wildman–Crippen MR) is 108 cm³/mol. The second-order valence-corrected chi connectivity index (χ2v) is 7.33. The van der Waals surface area contributed by atoms with Gasteiger partial charge in [0.2, 0.25) is 0 Å². The summed E-state index contributed by atoms with van der Waals surface area (Å²) in [5.41, 5.74) is 7.21. The third kappa shape index (κ3) is 5.53. The first-order chi connectivity index (χ1) is 12.7. The summed E-state index contributed by atoms with van der Waals surface area (Å²) in [4.78, 5) is 9.42. The molecule has 0 unspecified atom stereocenters. The molecule has 1 heterocycles. The van der Waals surface area contributed by atoms with Gasteiger partial charge in [-0.3, -0.25) is 9.89 Å². The maximum Gasteiger partial charge on any atom is 0.188 e. The number of guanidine groups is 1. The van der Waals surface area contributed by atoms with Gasteiger partial charge in [-0.15, -0.1) is 0 Å². The molecular formula is C20H33N5O. The maximum atomic E-state index is 5.93. The van der Waals surface area contributed by atoms with E-state index in [-0.39, 0.29) is 0 Å². The molecule has 1 aliphatic carbocycles. The van der Waals surface area contributed by atoms with E-state index in [0.29, 0.717) is 5.96 Å². The van der Waals surface area contributed by atoms with Gasteiger partial charge < -0.3 is 20.7 Å². The topological polar surface area (TPSA) is 66.1 Å². The summed E-state index contributed by atoms with van der Waals surface area (Å²) in [7, 11) is 1.70. The van der Waals surface area contributed by atoms with E-state index in [0.717, 1.165) is 63.9 Å². The van der Waals surface area contributed by atoms with Gasteiger partial charge >= 0.3 is 0 Å². The van der Waals surface area contributed by atoms with Gasteiger partial charge in [-0.2, -0.15) is 0 Å². The molecule has 0 amide bonds. The van der Waals surface area contributed by atoms with Crippen LogP contribution in [0.3, 0.4) is 0 Å². The van der Waals surface area contributed by atoms with Crippen molar-refractivity contribution in [2.75, 3.05) is 57.8 Å². The summed E-state index contributed by atoms with van der Waals surface area (Å²) in [6.45, 7) is 7.27. The number of hydrogen-bond acceptors (Lipinski definition) is 4. The average molecular weight is 360 g/mol. The Labute approximate surface area is 157 Å².